The minimum absolute atomic E-state index is 0.00551. The summed E-state index contributed by atoms with van der Waals surface area (Å²) in [6.07, 6.45) is 0.620. The topological polar surface area (TPSA) is 83.6 Å². The van der Waals surface area contributed by atoms with Gasteiger partial charge in [-0.05, 0) is 18.3 Å². The first-order valence-corrected chi connectivity index (χ1v) is 4.82. The normalized spacial score (nSPS) is 39.3. The average molecular weight is 205 g/mol. The van der Waals surface area contributed by atoms with E-state index in [4.69, 9.17) is 15.9 Å². The molecule has 0 aliphatic heterocycles. The number of nitrogens with two attached hydrogens (primary N) is 1. The Morgan fingerprint density at radius 3 is 2.23 bits per heavy atom. The van der Waals surface area contributed by atoms with Gasteiger partial charge >= 0.3 is 0 Å². The lowest BCUT2D eigenvalue weighted by Gasteiger charge is -2.17. The summed E-state index contributed by atoms with van der Waals surface area (Å²) in [6.45, 7) is -0.0738. The zero-order valence-corrected chi connectivity index (χ0v) is 8.15. The van der Waals surface area contributed by atoms with Crippen molar-refractivity contribution in [2.24, 2.45) is 23.5 Å². The van der Waals surface area contributed by atoms with E-state index in [0.717, 1.165) is 0 Å². The fourth-order valence-electron chi connectivity index (χ4n) is 2.02. The van der Waals surface area contributed by atoms with Crippen LogP contribution in [0.1, 0.15) is 6.42 Å². The van der Waals surface area contributed by atoms with Crippen molar-refractivity contribution in [1.29, 1.82) is 0 Å². The molecule has 1 fully saturated rings. The van der Waals surface area contributed by atoms with Crippen molar-refractivity contribution in [2.75, 3.05) is 13.2 Å². The van der Waals surface area contributed by atoms with Crippen molar-refractivity contribution in [2.45, 2.75) is 11.7 Å². The Hall–Kier alpha value is -0.260. The smallest absolute Gasteiger partial charge is 0.222 e. The van der Waals surface area contributed by atoms with Gasteiger partial charge in [-0.25, -0.2) is 0 Å². The van der Waals surface area contributed by atoms with Gasteiger partial charge in [0.2, 0.25) is 5.91 Å². The van der Waals surface area contributed by atoms with Crippen molar-refractivity contribution in [3.8, 4) is 0 Å². The molecule has 4 N–H and O–H groups in total. The van der Waals surface area contributed by atoms with Crippen LogP contribution in [0.15, 0.2) is 0 Å². The van der Waals surface area contributed by atoms with Crippen LogP contribution in [0, 0.1) is 17.8 Å². The van der Waals surface area contributed by atoms with Crippen molar-refractivity contribution < 1.29 is 15.0 Å². The second kappa shape index (κ2) is 4.30. The number of aliphatic hydroxyl groups excluding tert-OH is 2. The quantitative estimate of drug-likeness (QED) is 0.446. The maximum absolute atomic E-state index is 11.0. The summed E-state index contributed by atoms with van der Waals surface area (Å²) in [5, 5.41) is 17.7. The molecule has 4 atom stereocenters. The van der Waals surface area contributed by atoms with Gasteiger partial charge in [-0.1, -0.05) is 0 Å². The monoisotopic (exact) mass is 205 g/mol. The Balaban J connectivity index is 2.73. The van der Waals surface area contributed by atoms with Gasteiger partial charge in [0, 0.05) is 18.5 Å². The van der Waals surface area contributed by atoms with E-state index >= 15 is 0 Å². The van der Waals surface area contributed by atoms with Gasteiger partial charge in [0.05, 0.1) is 5.92 Å². The molecule has 0 saturated heterocycles. The number of aliphatic hydroxyl groups is 2. The standard InChI is InChI=1S/C8H15NO3S/c9-8(12)6-4(2-10)1-5(3-11)7(6)13/h4-7,10-11,13H,1-3H2,(H2,9,12)/t4-,5+,6?,7?/m0/s1. The average Bonchev–Trinajstić information content (AvgIpc) is 2.41. The molecule has 0 spiro atoms. The molecule has 1 amide bonds. The number of hydrogen-bond acceptors (Lipinski definition) is 4. The summed E-state index contributed by atoms with van der Waals surface area (Å²) in [6, 6.07) is 0. The molecule has 1 saturated carbocycles. The highest BCUT2D eigenvalue weighted by Gasteiger charge is 2.43. The molecule has 1 aliphatic carbocycles. The van der Waals surface area contributed by atoms with Crippen molar-refractivity contribution >= 4 is 18.5 Å². The molecular formula is C8H15NO3S. The number of carbonyl (C=O) groups is 1. The van der Waals surface area contributed by atoms with Gasteiger partial charge in [-0.2, -0.15) is 12.6 Å². The molecular weight excluding hydrogens is 190 g/mol. The highest BCUT2D eigenvalue weighted by atomic mass is 32.1. The van der Waals surface area contributed by atoms with Crippen LogP contribution in [0.4, 0.5) is 0 Å². The summed E-state index contributed by atoms with van der Waals surface area (Å²) in [4.78, 5) is 11.0. The second-order valence-corrected chi connectivity index (χ2v) is 4.14. The molecule has 0 radical (unpaired) electrons. The first-order valence-electron chi connectivity index (χ1n) is 4.31. The van der Waals surface area contributed by atoms with E-state index in [9.17, 15) is 4.79 Å². The van der Waals surface area contributed by atoms with Crippen LogP contribution in [0.3, 0.4) is 0 Å². The van der Waals surface area contributed by atoms with E-state index < -0.39 is 11.8 Å². The molecule has 0 heterocycles. The number of carbonyl (C=O) groups excluding carboxylic acids is 1. The minimum Gasteiger partial charge on any atom is -0.396 e. The van der Waals surface area contributed by atoms with Gasteiger partial charge in [0.15, 0.2) is 0 Å². The highest BCUT2D eigenvalue weighted by Crippen LogP contribution is 2.39. The number of thiol groups is 1. The molecule has 0 aromatic rings. The van der Waals surface area contributed by atoms with Gasteiger partial charge in [-0.3, -0.25) is 4.79 Å². The zero-order valence-electron chi connectivity index (χ0n) is 7.26. The molecule has 1 aliphatic rings. The van der Waals surface area contributed by atoms with Crippen LogP contribution >= 0.6 is 12.6 Å². The van der Waals surface area contributed by atoms with Crippen LogP contribution in [0.2, 0.25) is 0 Å². The fraction of sp³-hybridized carbons (Fsp3) is 0.875. The second-order valence-electron chi connectivity index (χ2n) is 3.54. The minimum atomic E-state index is -0.435. The highest BCUT2D eigenvalue weighted by molar-refractivity contribution is 7.81. The lowest BCUT2D eigenvalue weighted by molar-refractivity contribution is -0.123. The lowest BCUT2D eigenvalue weighted by Crippen LogP contribution is -2.34. The van der Waals surface area contributed by atoms with Crippen LogP contribution in [-0.4, -0.2) is 34.6 Å². The van der Waals surface area contributed by atoms with Crippen molar-refractivity contribution in [3.05, 3.63) is 0 Å². The SMILES string of the molecule is NC(=O)C1C(S)[C@@H](CO)C[C@H]1CO. The summed E-state index contributed by atoms with van der Waals surface area (Å²) < 4.78 is 0. The van der Waals surface area contributed by atoms with Crippen LogP contribution in [0.5, 0.6) is 0 Å². The Kier molecular flexibility index (Phi) is 3.58. The van der Waals surface area contributed by atoms with E-state index in [2.05, 4.69) is 12.6 Å². The van der Waals surface area contributed by atoms with Crippen molar-refractivity contribution in [1.82, 2.24) is 0 Å². The number of amides is 1. The molecule has 0 aromatic carbocycles. The maximum atomic E-state index is 11.0. The van der Waals surface area contributed by atoms with E-state index in [1.807, 2.05) is 0 Å². The maximum Gasteiger partial charge on any atom is 0.222 e. The van der Waals surface area contributed by atoms with E-state index in [1.54, 1.807) is 0 Å². The van der Waals surface area contributed by atoms with E-state index in [1.165, 1.54) is 0 Å². The first kappa shape index (κ1) is 10.8. The van der Waals surface area contributed by atoms with Crippen LogP contribution in [-0.2, 0) is 4.79 Å². The third-order valence-corrected chi connectivity index (χ3v) is 3.50. The third kappa shape index (κ3) is 1.98. The Labute approximate surface area is 82.5 Å². The predicted molar refractivity (Wildman–Crippen MR) is 51.2 cm³/mol. The molecule has 1 rings (SSSR count). The largest absolute Gasteiger partial charge is 0.396 e. The van der Waals surface area contributed by atoms with Gasteiger partial charge in [0.1, 0.15) is 0 Å². The fourth-order valence-corrected chi connectivity index (χ4v) is 2.62. The summed E-state index contributed by atoms with van der Waals surface area (Å²) in [5.74, 6) is -1.02. The molecule has 5 heteroatoms. The molecule has 4 nitrogen and oxygen atoms in total. The van der Waals surface area contributed by atoms with Gasteiger partial charge in [-0.15, -0.1) is 0 Å². The summed E-state index contributed by atoms with van der Waals surface area (Å²) in [5.41, 5.74) is 5.19. The number of primary amides is 1. The summed E-state index contributed by atoms with van der Waals surface area (Å²) in [7, 11) is 0. The van der Waals surface area contributed by atoms with Crippen LogP contribution < -0.4 is 5.73 Å². The molecule has 13 heavy (non-hydrogen) atoms. The first-order chi connectivity index (χ1) is 6.11. The molecule has 76 valence electrons. The molecule has 0 aromatic heterocycles. The summed E-state index contributed by atoms with van der Waals surface area (Å²) >= 11 is 4.24. The molecule has 0 bridgehead atoms. The third-order valence-electron chi connectivity index (χ3n) is 2.76. The van der Waals surface area contributed by atoms with Gasteiger partial charge in [0.25, 0.3) is 0 Å². The Bertz CT molecular complexity index is 198. The van der Waals surface area contributed by atoms with E-state index in [0.29, 0.717) is 6.42 Å². The number of rotatable bonds is 3. The van der Waals surface area contributed by atoms with Crippen molar-refractivity contribution in [3.63, 3.8) is 0 Å². The van der Waals surface area contributed by atoms with E-state index in [-0.39, 0.29) is 30.3 Å². The van der Waals surface area contributed by atoms with Gasteiger partial charge < -0.3 is 15.9 Å². The lowest BCUT2D eigenvalue weighted by atomic mass is 9.96. The Morgan fingerprint density at radius 2 is 1.92 bits per heavy atom. The van der Waals surface area contributed by atoms with Crippen LogP contribution in [0.25, 0.3) is 0 Å². The predicted octanol–water partition coefficient (Wildman–Crippen LogP) is -0.993. The zero-order chi connectivity index (χ0) is 10.0. The molecule has 2 unspecified atom stereocenters. The Morgan fingerprint density at radius 1 is 1.38 bits per heavy atom. The number of hydrogen-bond donors (Lipinski definition) is 4.